The van der Waals surface area contributed by atoms with Gasteiger partial charge < -0.3 is 10.4 Å². The van der Waals surface area contributed by atoms with Crippen molar-refractivity contribution in [2.75, 3.05) is 6.54 Å². The van der Waals surface area contributed by atoms with Gasteiger partial charge in [-0.25, -0.2) is 0 Å². The Morgan fingerprint density at radius 2 is 2.07 bits per heavy atom. The minimum atomic E-state index is -0.334. The van der Waals surface area contributed by atoms with E-state index in [9.17, 15) is 9.90 Å². The maximum atomic E-state index is 11.4. The summed E-state index contributed by atoms with van der Waals surface area (Å²) < 4.78 is 0. The van der Waals surface area contributed by atoms with E-state index in [2.05, 4.69) is 5.32 Å². The lowest BCUT2D eigenvalue weighted by molar-refractivity contribution is -0.123. The molecule has 0 aromatic heterocycles. The Hall–Kier alpha value is -0.570. The minimum absolute atomic E-state index is 0.0224. The zero-order valence-corrected chi connectivity index (χ0v) is 9.34. The standard InChI is InChI=1S/C11H21NO2/c1-11(2,3)6-10(14)12-7-9(13)8-4-5-8/h8-9,13H,4-7H2,1-3H3,(H,12,14). The van der Waals surface area contributed by atoms with Gasteiger partial charge >= 0.3 is 0 Å². The van der Waals surface area contributed by atoms with Gasteiger partial charge in [0.1, 0.15) is 0 Å². The Balaban J connectivity index is 2.14. The zero-order chi connectivity index (χ0) is 10.8. The van der Waals surface area contributed by atoms with Crippen LogP contribution in [0.2, 0.25) is 0 Å². The highest BCUT2D eigenvalue weighted by Gasteiger charge is 2.29. The van der Waals surface area contributed by atoms with E-state index in [1.807, 2.05) is 20.8 Å². The van der Waals surface area contributed by atoms with Crippen molar-refractivity contribution in [2.45, 2.75) is 46.1 Å². The fourth-order valence-electron chi connectivity index (χ4n) is 1.41. The Morgan fingerprint density at radius 3 is 2.50 bits per heavy atom. The first-order chi connectivity index (χ1) is 6.38. The smallest absolute Gasteiger partial charge is 0.220 e. The van der Waals surface area contributed by atoms with Gasteiger partial charge in [0.05, 0.1) is 6.10 Å². The molecule has 0 spiro atoms. The van der Waals surface area contributed by atoms with Gasteiger partial charge in [0.2, 0.25) is 5.91 Å². The van der Waals surface area contributed by atoms with Crippen LogP contribution in [0.4, 0.5) is 0 Å². The first-order valence-corrected chi connectivity index (χ1v) is 5.33. The summed E-state index contributed by atoms with van der Waals surface area (Å²) in [7, 11) is 0. The summed E-state index contributed by atoms with van der Waals surface area (Å²) in [5.74, 6) is 0.474. The molecule has 82 valence electrons. The summed E-state index contributed by atoms with van der Waals surface area (Å²) in [6.45, 7) is 6.51. The van der Waals surface area contributed by atoms with E-state index in [4.69, 9.17) is 0 Å². The van der Waals surface area contributed by atoms with Gasteiger partial charge in [-0.1, -0.05) is 20.8 Å². The lowest BCUT2D eigenvalue weighted by Gasteiger charge is -2.18. The van der Waals surface area contributed by atoms with E-state index >= 15 is 0 Å². The SMILES string of the molecule is CC(C)(C)CC(=O)NCC(O)C1CC1. The molecule has 2 N–H and O–H groups in total. The fraction of sp³-hybridized carbons (Fsp3) is 0.909. The topological polar surface area (TPSA) is 49.3 Å². The van der Waals surface area contributed by atoms with Crippen LogP contribution in [-0.2, 0) is 4.79 Å². The van der Waals surface area contributed by atoms with Crippen LogP contribution in [0.3, 0.4) is 0 Å². The van der Waals surface area contributed by atoms with E-state index in [1.54, 1.807) is 0 Å². The second-order valence-electron chi connectivity index (χ2n) is 5.45. The van der Waals surface area contributed by atoms with Crippen LogP contribution in [0, 0.1) is 11.3 Å². The monoisotopic (exact) mass is 199 g/mol. The lowest BCUT2D eigenvalue weighted by atomic mass is 9.92. The van der Waals surface area contributed by atoms with Crippen molar-refractivity contribution in [1.29, 1.82) is 0 Å². The van der Waals surface area contributed by atoms with Crippen LogP contribution >= 0.6 is 0 Å². The number of amides is 1. The molecule has 3 nitrogen and oxygen atoms in total. The van der Waals surface area contributed by atoms with Crippen molar-refractivity contribution in [3.63, 3.8) is 0 Å². The number of nitrogens with one attached hydrogen (secondary N) is 1. The molecule has 1 saturated carbocycles. The highest BCUT2D eigenvalue weighted by atomic mass is 16.3. The van der Waals surface area contributed by atoms with Gasteiger partial charge in [0, 0.05) is 13.0 Å². The predicted molar refractivity (Wildman–Crippen MR) is 55.8 cm³/mol. The fourth-order valence-corrected chi connectivity index (χ4v) is 1.41. The van der Waals surface area contributed by atoms with Crippen molar-refractivity contribution in [1.82, 2.24) is 5.32 Å². The number of hydrogen-bond donors (Lipinski definition) is 2. The molecule has 1 fully saturated rings. The van der Waals surface area contributed by atoms with Crippen LogP contribution in [0.5, 0.6) is 0 Å². The number of hydrogen-bond acceptors (Lipinski definition) is 2. The molecule has 14 heavy (non-hydrogen) atoms. The first kappa shape index (κ1) is 11.5. The van der Waals surface area contributed by atoms with Crippen molar-refractivity contribution in [3.8, 4) is 0 Å². The van der Waals surface area contributed by atoms with Gasteiger partial charge in [-0.3, -0.25) is 4.79 Å². The third kappa shape index (κ3) is 4.61. The van der Waals surface area contributed by atoms with Crippen LogP contribution in [0.25, 0.3) is 0 Å². The average molecular weight is 199 g/mol. The maximum absolute atomic E-state index is 11.4. The molecule has 0 aliphatic heterocycles. The number of rotatable bonds is 4. The summed E-state index contributed by atoms with van der Waals surface area (Å²) in [4.78, 5) is 11.4. The first-order valence-electron chi connectivity index (χ1n) is 5.33. The quantitative estimate of drug-likeness (QED) is 0.717. The minimum Gasteiger partial charge on any atom is -0.391 e. The van der Waals surface area contributed by atoms with Gasteiger partial charge in [0.25, 0.3) is 0 Å². The summed E-state index contributed by atoms with van der Waals surface area (Å²) in [5, 5.41) is 12.3. The Bertz CT molecular complexity index is 204. The largest absolute Gasteiger partial charge is 0.391 e. The third-order valence-corrected chi connectivity index (χ3v) is 2.37. The molecule has 0 radical (unpaired) electrons. The predicted octanol–water partition coefficient (Wildman–Crippen LogP) is 1.31. The highest BCUT2D eigenvalue weighted by Crippen LogP contribution is 2.32. The molecule has 3 heteroatoms. The average Bonchev–Trinajstić information content (AvgIpc) is 2.78. The molecule has 1 aliphatic carbocycles. The number of carbonyl (C=O) groups is 1. The van der Waals surface area contributed by atoms with E-state index in [0.717, 1.165) is 12.8 Å². The van der Waals surface area contributed by atoms with Crippen molar-refractivity contribution < 1.29 is 9.90 Å². The molecule has 1 rings (SSSR count). The van der Waals surface area contributed by atoms with E-state index in [0.29, 0.717) is 18.9 Å². The lowest BCUT2D eigenvalue weighted by Crippen LogP contribution is -2.34. The summed E-state index contributed by atoms with van der Waals surface area (Å²) in [6, 6.07) is 0. The van der Waals surface area contributed by atoms with Crippen LogP contribution in [0.15, 0.2) is 0 Å². The third-order valence-electron chi connectivity index (χ3n) is 2.37. The second-order valence-corrected chi connectivity index (χ2v) is 5.45. The molecule has 1 amide bonds. The molecule has 1 atom stereocenters. The molecule has 0 saturated heterocycles. The zero-order valence-electron chi connectivity index (χ0n) is 9.34. The van der Waals surface area contributed by atoms with E-state index in [1.165, 1.54) is 0 Å². The summed E-state index contributed by atoms with van der Waals surface area (Å²) in [5.41, 5.74) is 0.0224. The molecule has 0 aromatic rings. The number of aliphatic hydroxyl groups excluding tert-OH is 1. The van der Waals surface area contributed by atoms with E-state index in [-0.39, 0.29) is 17.4 Å². The molecule has 1 unspecified atom stereocenters. The Labute approximate surface area is 85.9 Å². The molecule has 0 bridgehead atoms. The van der Waals surface area contributed by atoms with Crippen LogP contribution < -0.4 is 5.32 Å². The maximum Gasteiger partial charge on any atom is 0.220 e. The van der Waals surface area contributed by atoms with Gasteiger partial charge in [0.15, 0.2) is 0 Å². The van der Waals surface area contributed by atoms with Gasteiger partial charge in [-0.2, -0.15) is 0 Å². The van der Waals surface area contributed by atoms with Gasteiger partial charge in [-0.15, -0.1) is 0 Å². The molecule has 1 aliphatic rings. The number of aliphatic hydroxyl groups is 1. The Kier molecular flexibility index (Phi) is 3.53. The molecule has 0 aromatic carbocycles. The Morgan fingerprint density at radius 1 is 1.50 bits per heavy atom. The molecule has 0 heterocycles. The normalized spacial score (nSPS) is 19.1. The summed E-state index contributed by atoms with van der Waals surface area (Å²) in [6.07, 6.45) is 2.40. The van der Waals surface area contributed by atoms with E-state index < -0.39 is 0 Å². The second kappa shape index (κ2) is 4.30. The van der Waals surface area contributed by atoms with Crippen molar-refractivity contribution in [2.24, 2.45) is 11.3 Å². The number of carbonyl (C=O) groups excluding carboxylic acids is 1. The van der Waals surface area contributed by atoms with Gasteiger partial charge in [-0.05, 0) is 24.2 Å². The summed E-state index contributed by atoms with van der Waals surface area (Å²) >= 11 is 0. The highest BCUT2D eigenvalue weighted by molar-refractivity contribution is 5.76. The van der Waals surface area contributed by atoms with Crippen molar-refractivity contribution >= 4 is 5.91 Å². The van der Waals surface area contributed by atoms with Crippen LogP contribution in [0.1, 0.15) is 40.0 Å². The molecular weight excluding hydrogens is 178 g/mol. The molecular formula is C11H21NO2. The van der Waals surface area contributed by atoms with Crippen LogP contribution in [-0.4, -0.2) is 23.7 Å². The van der Waals surface area contributed by atoms with Crippen molar-refractivity contribution in [3.05, 3.63) is 0 Å².